The molecule has 2 saturated carbocycles. The average molecular weight is 490 g/mol. The number of nitrogens with one attached hydrogen (secondary N) is 1. The average Bonchev–Trinajstić information content (AvgIpc) is 3.44. The first-order chi connectivity index (χ1) is 17.5. The highest BCUT2D eigenvalue weighted by atomic mass is 16.2. The minimum absolute atomic E-state index is 0.124. The molecule has 2 aliphatic carbocycles. The standard InChI is InChI=1S/C31H43N3O2/c1-4-28(23-13-7-5-8-14-23)31(36)34(27-17-9-6-10-18-27)22-25-21-26(19-20-29(25)33(2)3)32-30(35)24-15-11-12-16-24/h5,7-8,13-14,19-21,24,27-28H,4,6,9-12,15-18,22H2,1-3H3,(H,32,35). The number of anilines is 2. The van der Waals surface area contributed by atoms with Crippen molar-refractivity contribution in [1.29, 1.82) is 0 Å². The maximum absolute atomic E-state index is 14.1. The highest BCUT2D eigenvalue weighted by molar-refractivity contribution is 5.93. The first kappa shape index (κ1) is 26.2. The molecule has 0 saturated heterocycles. The number of benzene rings is 2. The molecule has 1 unspecified atom stereocenters. The van der Waals surface area contributed by atoms with Gasteiger partial charge in [-0.2, -0.15) is 0 Å². The quantitative estimate of drug-likeness (QED) is 0.424. The molecule has 2 aromatic carbocycles. The van der Waals surface area contributed by atoms with E-state index in [1.54, 1.807) is 0 Å². The van der Waals surface area contributed by atoms with Crippen molar-refractivity contribution in [2.45, 2.75) is 89.6 Å². The Morgan fingerprint density at radius 3 is 2.22 bits per heavy atom. The van der Waals surface area contributed by atoms with Crippen LogP contribution in [0.3, 0.4) is 0 Å². The van der Waals surface area contributed by atoms with E-state index >= 15 is 0 Å². The fraction of sp³-hybridized carbons (Fsp3) is 0.548. The third kappa shape index (κ3) is 6.29. The summed E-state index contributed by atoms with van der Waals surface area (Å²) >= 11 is 0. The predicted molar refractivity (Wildman–Crippen MR) is 148 cm³/mol. The smallest absolute Gasteiger partial charge is 0.230 e. The molecule has 0 bridgehead atoms. The third-order valence-electron chi connectivity index (χ3n) is 8.10. The number of hydrogen-bond acceptors (Lipinski definition) is 3. The van der Waals surface area contributed by atoms with E-state index in [9.17, 15) is 9.59 Å². The molecule has 0 aromatic heterocycles. The van der Waals surface area contributed by atoms with Crippen molar-refractivity contribution >= 4 is 23.2 Å². The SMILES string of the molecule is CCC(C(=O)N(Cc1cc(NC(=O)C2CCCC2)ccc1N(C)C)C1CCCCC1)c1ccccc1. The normalized spacial score (nSPS) is 17.5. The zero-order valence-corrected chi connectivity index (χ0v) is 22.3. The highest BCUT2D eigenvalue weighted by Gasteiger charge is 2.31. The minimum Gasteiger partial charge on any atom is -0.377 e. The number of carbonyl (C=O) groups is 2. The lowest BCUT2D eigenvalue weighted by Crippen LogP contribution is -2.43. The molecule has 0 aliphatic heterocycles. The summed E-state index contributed by atoms with van der Waals surface area (Å²) in [5.74, 6) is 0.340. The van der Waals surface area contributed by atoms with Crippen LogP contribution < -0.4 is 10.2 Å². The first-order valence-corrected chi connectivity index (χ1v) is 13.9. The highest BCUT2D eigenvalue weighted by Crippen LogP contribution is 2.33. The Balaban J connectivity index is 1.63. The fourth-order valence-electron chi connectivity index (χ4n) is 6.06. The van der Waals surface area contributed by atoms with Crippen LogP contribution in [0.2, 0.25) is 0 Å². The molecule has 2 aliphatic rings. The van der Waals surface area contributed by atoms with Crippen molar-refractivity contribution < 1.29 is 9.59 Å². The van der Waals surface area contributed by atoms with E-state index in [1.807, 2.05) is 38.4 Å². The van der Waals surface area contributed by atoms with Gasteiger partial charge in [0.15, 0.2) is 0 Å². The predicted octanol–water partition coefficient (Wildman–Crippen LogP) is 6.74. The third-order valence-corrected chi connectivity index (χ3v) is 8.10. The van der Waals surface area contributed by atoms with Gasteiger partial charge in [0, 0.05) is 44.0 Å². The molecule has 5 heteroatoms. The van der Waals surface area contributed by atoms with Gasteiger partial charge in [0.25, 0.3) is 0 Å². The van der Waals surface area contributed by atoms with E-state index in [-0.39, 0.29) is 29.7 Å². The van der Waals surface area contributed by atoms with Crippen LogP contribution in [0.15, 0.2) is 48.5 Å². The molecule has 0 radical (unpaired) electrons. The molecule has 2 aromatic rings. The zero-order chi connectivity index (χ0) is 25.5. The van der Waals surface area contributed by atoms with Gasteiger partial charge in [-0.1, -0.05) is 69.4 Å². The van der Waals surface area contributed by atoms with Gasteiger partial charge in [0.2, 0.25) is 11.8 Å². The summed E-state index contributed by atoms with van der Waals surface area (Å²) in [6.45, 7) is 2.67. The Bertz CT molecular complexity index is 1010. The van der Waals surface area contributed by atoms with Gasteiger partial charge in [-0.15, -0.1) is 0 Å². The first-order valence-electron chi connectivity index (χ1n) is 13.9. The molecule has 1 atom stereocenters. The van der Waals surface area contributed by atoms with Crippen LogP contribution in [0.5, 0.6) is 0 Å². The summed E-state index contributed by atoms with van der Waals surface area (Å²) in [6, 6.07) is 16.6. The molecule has 2 amide bonds. The lowest BCUT2D eigenvalue weighted by atomic mass is 9.90. The lowest BCUT2D eigenvalue weighted by molar-refractivity contribution is -0.136. The van der Waals surface area contributed by atoms with Gasteiger partial charge in [-0.25, -0.2) is 0 Å². The van der Waals surface area contributed by atoms with Crippen LogP contribution >= 0.6 is 0 Å². The van der Waals surface area contributed by atoms with Crippen LogP contribution in [0.1, 0.15) is 88.2 Å². The Morgan fingerprint density at radius 2 is 1.58 bits per heavy atom. The second-order valence-corrected chi connectivity index (χ2v) is 10.8. The summed E-state index contributed by atoms with van der Waals surface area (Å²) < 4.78 is 0. The topological polar surface area (TPSA) is 52.7 Å². The molecule has 0 spiro atoms. The number of hydrogen-bond donors (Lipinski definition) is 1. The maximum Gasteiger partial charge on any atom is 0.230 e. The van der Waals surface area contributed by atoms with Crippen molar-refractivity contribution in [3.05, 3.63) is 59.7 Å². The molecule has 36 heavy (non-hydrogen) atoms. The fourth-order valence-corrected chi connectivity index (χ4v) is 6.06. The summed E-state index contributed by atoms with van der Waals surface area (Å²) in [5, 5.41) is 3.17. The van der Waals surface area contributed by atoms with Crippen LogP contribution in [0.4, 0.5) is 11.4 Å². The second-order valence-electron chi connectivity index (χ2n) is 10.8. The Kier molecular flexibility index (Phi) is 9.06. The van der Waals surface area contributed by atoms with E-state index in [0.717, 1.165) is 67.4 Å². The Morgan fingerprint density at radius 1 is 0.917 bits per heavy atom. The van der Waals surface area contributed by atoms with Gasteiger partial charge in [-0.3, -0.25) is 9.59 Å². The molecule has 1 N–H and O–H groups in total. The number of rotatable bonds is 9. The second kappa shape index (κ2) is 12.4. The van der Waals surface area contributed by atoms with Crippen LogP contribution in [0.25, 0.3) is 0 Å². The van der Waals surface area contributed by atoms with Gasteiger partial charge < -0.3 is 15.1 Å². The van der Waals surface area contributed by atoms with Crippen molar-refractivity contribution in [3.8, 4) is 0 Å². The Hall–Kier alpha value is -2.82. The molecule has 0 heterocycles. The van der Waals surface area contributed by atoms with E-state index < -0.39 is 0 Å². The van der Waals surface area contributed by atoms with Crippen molar-refractivity contribution in [2.24, 2.45) is 5.92 Å². The molecule has 194 valence electrons. The van der Waals surface area contributed by atoms with Gasteiger partial charge in [-0.05, 0) is 61.4 Å². The van der Waals surface area contributed by atoms with Crippen LogP contribution in [0, 0.1) is 5.92 Å². The van der Waals surface area contributed by atoms with E-state index in [2.05, 4.69) is 46.3 Å². The summed E-state index contributed by atoms with van der Waals surface area (Å²) in [7, 11) is 4.09. The van der Waals surface area contributed by atoms with E-state index in [4.69, 9.17) is 0 Å². The number of carbonyl (C=O) groups excluding carboxylic acids is 2. The lowest BCUT2D eigenvalue weighted by Gasteiger charge is -2.37. The van der Waals surface area contributed by atoms with Crippen LogP contribution in [-0.2, 0) is 16.1 Å². The molecule has 4 rings (SSSR count). The summed E-state index contributed by atoms with van der Waals surface area (Å²) in [4.78, 5) is 31.2. The number of nitrogens with zero attached hydrogens (tertiary/aromatic N) is 2. The van der Waals surface area contributed by atoms with Crippen molar-refractivity contribution in [1.82, 2.24) is 4.90 Å². The van der Waals surface area contributed by atoms with Crippen LogP contribution in [-0.4, -0.2) is 36.9 Å². The van der Waals surface area contributed by atoms with Gasteiger partial charge >= 0.3 is 0 Å². The molecular formula is C31H43N3O2. The molecule has 2 fully saturated rings. The largest absolute Gasteiger partial charge is 0.377 e. The van der Waals surface area contributed by atoms with Crippen molar-refractivity contribution in [3.63, 3.8) is 0 Å². The number of amides is 2. The molecule has 5 nitrogen and oxygen atoms in total. The monoisotopic (exact) mass is 489 g/mol. The Labute approximate surface area is 217 Å². The minimum atomic E-state index is -0.138. The summed E-state index contributed by atoms with van der Waals surface area (Å²) in [6.07, 6.45) is 10.8. The molecular weight excluding hydrogens is 446 g/mol. The summed E-state index contributed by atoms with van der Waals surface area (Å²) in [5.41, 5.74) is 4.11. The van der Waals surface area contributed by atoms with Gasteiger partial charge in [0.1, 0.15) is 0 Å². The van der Waals surface area contributed by atoms with Gasteiger partial charge in [0.05, 0.1) is 5.92 Å². The maximum atomic E-state index is 14.1. The van der Waals surface area contributed by atoms with E-state index in [1.165, 1.54) is 19.3 Å². The zero-order valence-electron chi connectivity index (χ0n) is 22.3. The van der Waals surface area contributed by atoms with Crippen molar-refractivity contribution in [2.75, 3.05) is 24.3 Å². The van der Waals surface area contributed by atoms with E-state index in [0.29, 0.717) is 6.54 Å².